The highest BCUT2D eigenvalue weighted by molar-refractivity contribution is 5.68. The van der Waals surface area contributed by atoms with Gasteiger partial charge in [-0.15, -0.1) is 0 Å². The number of ether oxygens (including phenoxy) is 2. The van der Waals surface area contributed by atoms with E-state index in [1.165, 1.54) is 32.7 Å². The van der Waals surface area contributed by atoms with Gasteiger partial charge in [0.2, 0.25) is 6.39 Å². The van der Waals surface area contributed by atoms with E-state index in [0.29, 0.717) is 11.6 Å². The second kappa shape index (κ2) is 5.87. The lowest BCUT2D eigenvalue weighted by Crippen LogP contribution is -2.05. The van der Waals surface area contributed by atoms with E-state index in [2.05, 4.69) is 20.0 Å². The first-order chi connectivity index (χ1) is 9.65. The molecule has 0 atom stereocenters. The lowest BCUT2D eigenvalue weighted by molar-refractivity contribution is -0.384. The summed E-state index contributed by atoms with van der Waals surface area (Å²) in [6.07, 6.45) is 1.18. The van der Waals surface area contributed by atoms with Crippen LogP contribution in [0.25, 0.3) is 0 Å². The molecule has 106 valence electrons. The molecule has 1 aromatic carbocycles. The van der Waals surface area contributed by atoms with Gasteiger partial charge in [0.25, 0.3) is 5.69 Å². The Morgan fingerprint density at radius 1 is 1.35 bits per heavy atom. The third kappa shape index (κ3) is 2.76. The SMILES string of the molecule is COc1cc(NCc2ncon2)c([N+](=O)[O-])cc1OC. The zero-order valence-electron chi connectivity index (χ0n) is 10.8. The van der Waals surface area contributed by atoms with Crippen LogP contribution in [0.4, 0.5) is 11.4 Å². The maximum Gasteiger partial charge on any atom is 0.296 e. The molecule has 0 fully saturated rings. The van der Waals surface area contributed by atoms with Gasteiger partial charge in [-0.25, -0.2) is 0 Å². The van der Waals surface area contributed by atoms with Gasteiger partial charge < -0.3 is 19.3 Å². The summed E-state index contributed by atoms with van der Waals surface area (Å²) < 4.78 is 14.7. The van der Waals surface area contributed by atoms with E-state index in [4.69, 9.17) is 9.47 Å². The monoisotopic (exact) mass is 280 g/mol. The molecule has 0 saturated heterocycles. The van der Waals surface area contributed by atoms with Gasteiger partial charge in [-0.1, -0.05) is 5.16 Å². The van der Waals surface area contributed by atoms with E-state index in [-0.39, 0.29) is 23.7 Å². The molecular weight excluding hydrogens is 268 g/mol. The molecule has 0 saturated carbocycles. The van der Waals surface area contributed by atoms with Crippen LogP contribution < -0.4 is 14.8 Å². The van der Waals surface area contributed by atoms with E-state index < -0.39 is 4.92 Å². The molecule has 9 nitrogen and oxygen atoms in total. The Hall–Kier alpha value is -2.84. The van der Waals surface area contributed by atoms with Crippen molar-refractivity contribution in [2.24, 2.45) is 0 Å². The van der Waals surface area contributed by atoms with Gasteiger partial charge in [-0.05, 0) is 0 Å². The Labute approximate surface area is 113 Å². The number of benzene rings is 1. The third-order valence-electron chi connectivity index (χ3n) is 2.54. The van der Waals surface area contributed by atoms with Crippen molar-refractivity contribution in [1.82, 2.24) is 10.1 Å². The standard InChI is InChI=1S/C11H12N4O5/c1-18-9-3-7(12-5-11-13-6-20-14-11)8(15(16)17)4-10(9)19-2/h3-4,6,12H,5H2,1-2H3. The van der Waals surface area contributed by atoms with Gasteiger partial charge in [0.05, 0.1) is 31.8 Å². The second-order valence-corrected chi connectivity index (χ2v) is 3.68. The minimum Gasteiger partial charge on any atom is -0.493 e. The number of aromatic nitrogens is 2. The lowest BCUT2D eigenvalue weighted by Gasteiger charge is -2.11. The van der Waals surface area contributed by atoms with Crippen LogP contribution in [0.15, 0.2) is 23.0 Å². The number of nitrogens with zero attached hydrogens (tertiary/aromatic N) is 3. The van der Waals surface area contributed by atoms with Crippen LogP contribution in [0.2, 0.25) is 0 Å². The molecule has 2 aromatic rings. The highest BCUT2D eigenvalue weighted by atomic mass is 16.6. The Morgan fingerprint density at radius 2 is 2.05 bits per heavy atom. The van der Waals surface area contributed by atoms with Gasteiger partial charge in [0, 0.05) is 6.07 Å². The summed E-state index contributed by atoms with van der Waals surface area (Å²) in [5.41, 5.74) is 0.142. The molecule has 0 aliphatic carbocycles. The van der Waals surface area contributed by atoms with Crippen LogP contribution in [0.1, 0.15) is 5.82 Å². The molecule has 0 aliphatic heterocycles. The van der Waals surface area contributed by atoms with Crippen molar-refractivity contribution in [3.8, 4) is 11.5 Å². The number of nitro groups is 1. The van der Waals surface area contributed by atoms with E-state index in [1.807, 2.05) is 0 Å². The molecule has 9 heteroatoms. The molecule has 1 heterocycles. The lowest BCUT2D eigenvalue weighted by atomic mass is 10.2. The zero-order chi connectivity index (χ0) is 14.5. The smallest absolute Gasteiger partial charge is 0.296 e. The number of anilines is 1. The fraction of sp³-hybridized carbons (Fsp3) is 0.273. The van der Waals surface area contributed by atoms with Crippen LogP contribution in [-0.2, 0) is 6.54 Å². The average Bonchev–Trinajstić information content (AvgIpc) is 2.97. The summed E-state index contributed by atoms with van der Waals surface area (Å²) in [6, 6.07) is 2.77. The van der Waals surface area contributed by atoms with Crippen LogP contribution in [0.3, 0.4) is 0 Å². The molecule has 0 amide bonds. The number of hydrogen-bond donors (Lipinski definition) is 1. The summed E-state index contributed by atoms with van der Waals surface area (Å²) in [5.74, 6) is 1.05. The average molecular weight is 280 g/mol. The minimum absolute atomic E-state index is 0.133. The van der Waals surface area contributed by atoms with E-state index in [0.717, 1.165) is 0 Å². The van der Waals surface area contributed by atoms with Crippen LogP contribution in [0.5, 0.6) is 11.5 Å². The molecule has 20 heavy (non-hydrogen) atoms. The van der Waals surface area contributed by atoms with E-state index >= 15 is 0 Å². The molecule has 1 N–H and O–H groups in total. The topological polar surface area (TPSA) is 113 Å². The largest absolute Gasteiger partial charge is 0.493 e. The Morgan fingerprint density at radius 3 is 2.60 bits per heavy atom. The first-order valence-electron chi connectivity index (χ1n) is 5.55. The summed E-state index contributed by atoms with van der Waals surface area (Å²) in [5, 5.41) is 17.5. The normalized spacial score (nSPS) is 10.1. The van der Waals surface area contributed by atoms with Crippen molar-refractivity contribution in [2.75, 3.05) is 19.5 Å². The van der Waals surface area contributed by atoms with Gasteiger partial charge in [-0.3, -0.25) is 10.1 Å². The number of methoxy groups -OCH3 is 2. The number of rotatable bonds is 6. The van der Waals surface area contributed by atoms with E-state index in [1.54, 1.807) is 0 Å². The summed E-state index contributed by atoms with van der Waals surface area (Å²) >= 11 is 0. The van der Waals surface area contributed by atoms with Crippen LogP contribution >= 0.6 is 0 Å². The minimum atomic E-state index is -0.513. The molecule has 2 rings (SSSR count). The molecule has 0 spiro atoms. The Balaban J connectivity index is 2.31. The second-order valence-electron chi connectivity index (χ2n) is 3.68. The van der Waals surface area contributed by atoms with Gasteiger partial charge >= 0.3 is 0 Å². The molecule has 0 radical (unpaired) electrons. The van der Waals surface area contributed by atoms with Crippen LogP contribution in [0, 0.1) is 10.1 Å². The van der Waals surface area contributed by atoms with Crippen molar-refractivity contribution in [3.05, 3.63) is 34.5 Å². The maximum absolute atomic E-state index is 11.1. The Bertz CT molecular complexity index is 599. The van der Waals surface area contributed by atoms with Crippen molar-refractivity contribution < 1.29 is 18.9 Å². The first kappa shape index (κ1) is 13.6. The third-order valence-corrected chi connectivity index (χ3v) is 2.54. The number of nitro benzene ring substituents is 1. The molecule has 1 aromatic heterocycles. The molecule has 0 unspecified atom stereocenters. The van der Waals surface area contributed by atoms with E-state index in [9.17, 15) is 10.1 Å². The zero-order valence-corrected chi connectivity index (χ0v) is 10.8. The number of hydrogen-bond acceptors (Lipinski definition) is 8. The highest BCUT2D eigenvalue weighted by Crippen LogP contribution is 2.37. The van der Waals surface area contributed by atoms with Gasteiger partial charge in [0.15, 0.2) is 17.3 Å². The highest BCUT2D eigenvalue weighted by Gasteiger charge is 2.19. The van der Waals surface area contributed by atoms with Crippen molar-refractivity contribution in [2.45, 2.75) is 6.54 Å². The summed E-state index contributed by atoms with van der Waals surface area (Å²) in [6.45, 7) is 0.187. The predicted molar refractivity (Wildman–Crippen MR) is 67.8 cm³/mol. The maximum atomic E-state index is 11.1. The van der Waals surface area contributed by atoms with Crippen molar-refractivity contribution in [3.63, 3.8) is 0 Å². The first-order valence-corrected chi connectivity index (χ1v) is 5.55. The van der Waals surface area contributed by atoms with Gasteiger partial charge in [0.1, 0.15) is 5.69 Å². The molecule has 0 bridgehead atoms. The molecular formula is C11H12N4O5. The van der Waals surface area contributed by atoms with Crippen molar-refractivity contribution in [1.29, 1.82) is 0 Å². The van der Waals surface area contributed by atoms with Gasteiger partial charge in [-0.2, -0.15) is 4.98 Å². The quantitative estimate of drug-likeness (QED) is 0.627. The summed E-state index contributed by atoms with van der Waals surface area (Å²) in [7, 11) is 2.86. The predicted octanol–water partition coefficient (Wildman–Crippen LogP) is 1.61. The fourth-order valence-electron chi connectivity index (χ4n) is 1.61. The molecule has 0 aliphatic rings. The fourth-order valence-corrected chi connectivity index (χ4v) is 1.61. The summed E-state index contributed by atoms with van der Waals surface area (Å²) in [4.78, 5) is 14.4. The van der Waals surface area contributed by atoms with Crippen molar-refractivity contribution >= 4 is 11.4 Å². The number of nitrogens with one attached hydrogen (secondary N) is 1. The Kier molecular flexibility index (Phi) is 3.99. The van der Waals surface area contributed by atoms with Crippen LogP contribution in [-0.4, -0.2) is 29.3 Å².